The number of ether oxygens (including phenoxy) is 1. The van der Waals surface area contributed by atoms with Crippen LogP contribution in [-0.2, 0) is 15.3 Å². The quantitative estimate of drug-likeness (QED) is 0.727. The topological polar surface area (TPSA) is 46.6 Å². The minimum atomic E-state index is -0.336. The van der Waals surface area contributed by atoms with Crippen LogP contribution in [0.15, 0.2) is 24.3 Å². The molecule has 1 aromatic rings. The smallest absolute Gasteiger partial charge is 0.325 e. The van der Waals surface area contributed by atoms with Crippen molar-refractivity contribution in [3.8, 4) is 0 Å². The van der Waals surface area contributed by atoms with Crippen molar-refractivity contribution in [2.45, 2.75) is 31.6 Å². The number of carbonyl (C=O) groups excluding carboxylic acids is 2. The van der Waals surface area contributed by atoms with E-state index in [4.69, 9.17) is 4.74 Å². The van der Waals surface area contributed by atoms with Crippen LogP contribution in [0.3, 0.4) is 0 Å². The van der Waals surface area contributed by atoms with E-state index >= 15 is 0 Å². The molecule has 114 valence electrons. The lowest BCUT2D eigenvalue weighted by atomic mass is 10.1. The first kappa shape index (κ1) is 15.9. The summed E-state index contributed by atoms with van der Waals surface area (Å²) in [7, 11) is 0. The summed E-state index contributed by atoms with van der Waals surface area (Å²) in [6, 6.07) is 7.81. The summed E-state index contributed by atoms with van der Waals surface area (Å²) in [6.07, 6.45) is 3.98. The number of rotatable bonds is 7. The van der Waals surface area contributed by atoms with Gasteiger partial charge in [-0.15, -0.1) is 0 Å². The third-order valence-corrected chi connectivity index (χ3v) is 3.99. The van der Waals surface area contributed by atoms with Gasteiger partial charge in [0.1, 0.15) is 6.54 Å². The Kier molecular flexibility index (Phi) is 5.67. The number of benzene rings is 1. The molecule has 1 aromatic carbocycles. The van der Waals surface area contributed by atoms with Crippen LogP contribution < -0.4 is 0 Å². The zero-order valence-electron chi connectivity index (χ0n) is 12.5. The van der Waals surface area contributed by atoms with Crippen LogP contribution in [-0.4, -0.2) is 42.2 Å². The number of esters is 1. The minimum absolute atomic E-state index is 0.0455. The highest BCUT2D eigenvalue weighted by Gasteiger charge is 2.34. The first-order valence-electron chi connectivity index (χ1n) is 7.20. The van der Waals surface area contributed by atoms with Crippen molar-refractivity contribution in [3.05, 3.63) is 35.4 Å². The average Bonchev–Trinajstić information content (AvgIpc) is 3.30. The highest BCUT2D eigenvalue weighted by molar-refractivity contribution is 7.97. The Morgan fingerprint density at radius 1 is 1.29 bits per heavy atom. The summed E-state index contributed by atoms with van der Waals surface area (Å²) < 4.78 is 4.95. The van der Waals surface area contributed by atoms with E-state index in [9.17, 15) is 9.59 Å². The lowest BCUT2D eigenvalue weighted by Gasteiger charge is -2.21. The summed E-state index contributed by atoms with van der Waals surface area (Å²) in [5.41, 5.74) is 1.83. The van der Waals surface area contributed by atoms with Gasteiger partial charge in [0.2, 0.25) is 0 Å². The second kappa shape index (κ2) is 7.50. The Labute approximate surface area is 129 Å². The molecule has 1 saturated carbocycles. The molecule has 1 amide bonds. The van der Waals surface area contributed by atoms with Gasteiger partial charge in [-0.05, 0) is 43.7 Å². The fraction of sp³-hybridized carbons (Fsp3) is 0.500. The van der Waals surface area contributed by atoms with Crippen LogP contribution >= 0.6 is 11.8 Å². The van der Waals surface area contributed by atoms with Gasteiger partial charge in [-0.1, -0.05) is 12.1 Å². The molecule has 0 bridgehead atoms. The van der Waals surface area contributed by atoms with Gasteiger partial charge in [0.15, 0.2) is 0 Å². The Balaban J connectivity index is 2.05. The van der Waals surface area contributed by atoms with Gasteiger partial charge >= 0.3 is 5.97 Å². The Bertz CT molecular complexity index is 497. The molecule has 21 heavy (non-hydrogen) atoms. The normalized spacial score (nSPS) is 13.8. The SMILES string of the molecule is CCOC(=O)CN(C(=O)c1ccc(CSC)cc1)C1CC1. The molecule has 0 atom stereocenters. The molecular formula is C16H21NO3S. The van der Waals surface area contributed by atoms with Crippen LogP contribution in [0.1, 0.15) is 35.7 Å². The fourth-order valence-corrected chi connectivity index (χ4v) is 2.70. The second-order valence-corrected chi connectivity index (χ2v) is 5.97. The number of nitrogens with zero attached hydrogens (tertiary/aromatic N) is 1. The number of thioether (sulfide) groups is 1. The molecule has 0 radical (unpaired) electrons. The first-order valence-corrected chi connectivity index (χ1v) is 8.59. The highest BCUT2D eigenvalue weighted by Crippen LogP contribution is 2.28. The van der Waals surface area contributed by atoms with E-state index in [1.165, 1.54) is 5.56 Å². The number of hydrogen-bond donors (Lipinski definition) is 0. The molecule has 0 spiro atoms. The number of hydrogen-bond acceptors (Lipinski definition) is 4. The van der Waals surface area contributed by atoms with E-state index in [2.05, 4.69) is 0 Å². The summed E-state index contributed by atoms with van der Waals surface area (Å²) in [5.74, 6) is 0.516. The van der Waals surface area contributed by atoms with Crippen LogP contribution in [0.25, 0.3) is 0 Å². The third kappa shape index (κ3) is 4.49. The van der Waals surface area contributed by atoms with Crippen molar-refractivity contribution in [2.24, 2.45) is 0 Å². The molecule has 1 fully saturated rings. The zero-order valence-corrected chi connectivity index (χ0v) is 13.3. The van der Waals surface area contributed by atoms with Gasteiger partial charge in [0.25, 0.3) is 5.91 Å². The van der Waals surface area contributed by atoms with Crippen molar-refractivity contribution >= 4 is 23.6 Å². The summed E-state index contributed by atoms with van der Waals surface area (Å²) in [6.45, 7) is 2.16. The summed E-state index contributed by atoms with van der Waals surface area (Å²) in [5, 5.41) is 0. The predicted molar refractivity (Wildman–Crippen MR) is 84.4 cm³/mol. The molecule has 0 saturated heterocycles. The Morgan fingerprint density at radius 3 is 2.48 bits per heavy atom. The number of carbonyl (C=O) groups is 2. The lowest BCUT2D eigenvalue weighted by molar-refractivity contribution is -0.144. The molecule has 0 unspecified atom stereocenters. The van der Waals surface area contributed by atoms with Crippen molar-refractivity contribution in [2.75, 3.05) is 19.4 Å². The molecule has 0 aliphatic heterocycles. The fourth-order valence-electron chi connectivity index (χ4n) is 2.17. The maximum Gasteiger partial charge on any atom is 0.325 e. The van der Waals surface area contributed by atoms with Crippen LogP contribution in [0, 0.1) is 0 Å². The van der Waals surface area contributed by atoms with Crippen molar-refractivity contribution in [1.82, 2.24) is 4.90 Å². The van der Waals surface area contributed by atoms with Gasteiger partial charge in [0.05, 0.1) is 6.61 Å². The molecular weight excluding hydrogens is 286 g/mol. The molecule has 0 aromatic heterocycles. The van der Waals surface area contributed by atoms with Gasteiger partial charge < -0.3 is 9.64 Å². The van der Waals surface area contributed by atoms with Crippen molar-refractivity contribution in [1.29, 1.82) is 0 Å². The average molecular weight is 307 g/mol. The van der Waals surface area contributed by atoms with E-state index in [0.717, 1.165) is 18.6 Å². The maximum atomic E-state index is 12.5. The Hall–Kier alpha value is -1.49. The van der Waals surface area contributed by atoms with Gasteiger partial charge in [-0.3, -0.25) is 9.59 Å². The van der Waals surface area contributed by atoms with E-state index in [0.29, 0.717) is 12.2 Å². The van der Waals surface area contributed by atoms with Crippen molar-refractivity contribution in [3.63, 3.8) is 0 Å². The zero-order chi connectivity index (χ0) is 15.2. The molecule has 0 heterocycles. The van der Waals surface area contributed by atoms with Crippen molar-refractivity contribution < 1.29 is 14.3 Å². The monoisotopic (exact) mass is 307 g/mol. The molecule has 2 rings (SSSR count). The summed E-state index contributed by atoms with van der Waals surface area (Å²) in [4.78, 5) is 25.8. The Morgan fingerprint density at radius 2 is 1.95 bits per heavy atom. The van der Waals surface area contributed by atoms with Gasteiger partial charge in [-0.2, -0.15) is 11.8 Å². The van der Waals surface area contributed by atoms with E-state index < -0.39 is 0 Å². The number of amides is 1. The van der Waals surface area contributed by atoms with E-state index in [1.54, 1.807) is 23.6 Å². The standard InChI is InChI=1S/C16H21NO3S/c1-3-20-15(18)10-17(14-8-9-14)16(19)13-6-4-12(5-7-13)11-21-2/h4-7,14H,3,8-11H2,1-2H3. The lowest BCUT2D eigenvalue weighted by Crippen LogP contribution is -2.38. The highest BCUT2D eigenvalue weighted by atomic mass is 32.2. The minimum Gasteiger partial charge on any atom is -0.465 e. The van der Waals surface area contributed by atoms with Crippen LogP contribution in [0.2, 0.25) is 0 Å². The third-order valence-electron chi connectivity index (χ3n) is 3.37. The molecule has 1 aliphatic rings. The van der Waals surface area contributed by atoms with Crippen LogP contribution in [0.5, 0.6) is 0 Å². The van der Waals surface area contributed by atoms with Crippen LogP contribution in [0.4, 0.5) is 0 Å². The van der Waals surface area contributed by atoms with E-state index in [1.807, 2.05) is 30.5 Å². The maximum absolute atomic E-state index is 12.5. The molecule has 0 N–H and O–H groups in total. The first-order chi connectivity index (χ1) is 10.2. The molecule has 5 heteroatoms. The van der Waals surface area contributed by atoms with Gasteiger partial charge in [0, 0.05) is 17.4 Å². The van der Waals surface area contributed by atoms with Gasteiger partial charge in [-0.25, -0.2) is 0 Å². The molecule has 4 nitrogen and oxygen atoms in total. The largest absolute Gasteiger partial charge is 0.465 e. The second-order valence-electron chi connectivity index (χ2n) is 5.10. The predicted octanol–water partition coefficient (Wildman–Crippen LogP) is 2.72. The summed E-state index contributed by atoms with van der Waals surface area (Å²) >= 11 is 1.75. The van der Waals surface area contributed by atoms with E-state index in [-0.39, 0.29) is 24.5 Å². The molecule has 1 aliphatic carbocycles.